The van der Waals surface area contributed by atoms with E-state index in [4.69, 9.17) is 5.73 Å². The number of halogens is 1. The summed E-state index contributed by atoms with van der Waals surface area (Å²) in [6.45, 7) is 2.48. The van der Waals surface area contributed by atoms with Gasteiger partial charge >= 0.3 is 0 Å². The van der Waals surface area contributed by atoms with Crippen molar-refractivity contribution in [1.82, 2.24) is 4.31 Å². The number of hydrogen-bond donors (Lipinski definition) is 3. The van der Waals surface area contributed by atoms with Gasteiger partial charge in [0.05, 0.1) is 16.6 Å². The van der Waals surface area contributed by atoms with Crippen LogP contribution in [-0.4, -0.2) is 42.9 Å². The topological polar surface area (TPSA) is 113 Å². The van der Waals surface area contributed by atoms with Crippen molar-refractivity contribution in [1.29, 1.82) is 0 Å². The van der Waals surface area contributed by atoms with Crippen LogP contribution in [0.2, 0.25) is 0 Å². The van der Waals surface area contributed by atoms with Gasteiger partial charge in [0.15, 0.2) is 0 Å². The molecule has 0 radical (unpaired) electrons. The van der Waals surface area contributed by atoms with Gasteiger partial charge in [-0.25, -0.2) is 8.42 Å². The fraction of sp³-hybridized carbons (Fsp3) is 0.462. The number of benzene rings is 1. The highest BCUT2D eigenvalue weighted by Crippen LogP contribution is 2.29. The van der Waals surface area contributed by atoms with Crippen LogP contribution in [0.15, 0.2) is 23.1 Å². The summed E-state index contributed by atoms with van der Waals surface area (Å²) in [5.74, 6) is -0.703. The maximum atomic E-state index is 12.4. The summed E-state index contributed by atoms with van der Waals surface area (Å²) < 4.78 is 26.2. The fourth-order valence-corrected chi connectivity index (χ4v) is 3.64. The van der Waals surface area contributed by atoms with Crippen LogP contribution < -0.4 is 11.1 Å². The normalized spacial score (nSPS) is 16.8. The monoisotopic (exact) mass is 349 g/mol. The fourth-order valence-electron chi connectivity index (χ4n) is 2.10. The van der Waals surface area contributed by atoms with Gasteiger partial charge in [0.1, 0.15) is 5.75 Å². The van der Waals surface area contributed by atoms with Crippen LogP contribution in [0.4, 0.5) is 5.69 Å². The van der Waals surface area contributed by atoms with Gasteiger partial charge in [-0.2, -0.15) is 4.31 Å². The zero-order valence-electron chi connectivity index (χ0n) is 12.2. The van der Waals surface area contributed by atoms with Crippen molar-refractivity contribution in [2.45, 2.75) is 30.7 Å². The number of sulfonamides is 1. The first-order valence-corrected chi connectivity index (χ1v) is 8.16. The van der Waals surface area contributed by atoms with Crippen molar-refractivity contribution >= 4 is 34.0 Å². The smallest absolute Gasteiger partial charge is 0.243 e. The molecule has 1 saturated heterocycles. The van der Waals surface area contributed by atoms with Crippen LogP contribution >= 0.6 is 12.4 Å². The number of amides is 1. The van der Waals surface area contributed by atoms with Crippen LogP contribution in [0.25, 0.3) is 0 Å². The highest BCUT2D eigenvalue weighted by molar-refractivity contribution is 7.89. The van der Waals surface area contributed by atoms with Gasteiger partial charge in [0.25, 0.3) is 0 Å². The Kier molecular flexibility index (Phi) is 6.18. The minimum atomic E-state index is -3.59. The Hall–Kier alpha value is -1.35. The number of anilines is 1. The molecule has 9 heteroatoms. The molecule has 0 saturated carbocycles. The molecule has 22 heavy (non-hydrogen) atoms. The molecule has 0 aliphatic carbocycles. The Morgan fingerprint density at radius 1 is 1.36 bits per heavy atom. The molecule has 7 nitrogen and oxygen atoms in total. The number of rotatable bonds is 4. The molecule has 1 atom stereocenters. The highest BCUT2D eigenvalue weighted by Gasteiger charge is 2.28. The van der Waals surface area contributed by atoms with E-state index < -0.39 is 22.0 Å². The lowest BCUT2D eigenvalue weighted by Crippen LogP contribution is -2.32. The lowest BCUT2D eigenvalue weighted by Gasteiger charge is -2.17. The van der Waals surface area contributed by atoms with Crippen LogP contribution in [0, 0.1) is 0 Å². The molecule has 2 rings (SSSR count). The molecule has 1 fully saturated rings. The lowest BCUT2D eigenvalue weighted by molar-refractivity contribution is -0.117. The number of nitrogens with zero attached hydrogens (tertiary/aromatic N) is 1. The standard InChI is InChI=1S/C13H19N3O4S.ClH/c1-9(14)13(18)15-11-8-10(4-5-12(11)17)21(19,20)16-6-2-3-7-16;/h4-5,8-9,17H,2-3,6-7,14H2,1H3,(H,15,18);1H/t9-;/m1./s1. The SMILES string of the molecule is C[C@@H](N)C(=O)Nc1cc(S(=O)(=O)N2CCCC2)ccc1O.Cl. The summed E-state index contributed by atoms with van der Waals surface area (Å²) in [7, 11) is -3.59. The number of hydrogen-bond acceptors (Lipinski definition) is 5. The summed E-state index contributed by atoms with van der Waals surface area (Å²) in [4.78, 5) is 11.6. The third-order valence-corrected chi connectivity index (χ3v) is 5.24. The minimum absolute atomic E-state index is 0. The quantitative estimate of drug-likeness (QED) is 0.698. The second-order valence-electron chi connectivity index (χ2n) is 5.07. The Balaban J connectivity index is 0.00000242. The predicted molar refractivity (Wildman–Crippen MR) is 85.6 cm³/mol. The van der Waals surface area contributed by atoms with Gasteiger partial charge in [-0.05, 0) is 38.0 Å². The molecule has 1 aliphatic rings. The molecule has 0 aromatic heterocycles. The number of carbonyl (C=O) groups is 1. The van der Waals surface area contributed by atoms with E-state index in [0.717, 1.165) is 12.8 Å². The molecule has 0 spiro atoms. The van der Waals surface area contributed by atoms with Gasteiger partial charge in [-0.1, -0.05) is 0 Å². The first-order chi connectivity index (χ1) is 9.82. The summed E-state index contributed by atoms with van der Waals surface area (Å²) in [6, 6.07) is 3.07. The van der Waals surface area contributed by atoms with Crippen LogP contribution in [0.3, 0.4) is 0 Å². The van der Waals surface area contributed by atoms with Gasteiger partial charge in [-0.3, -0.25) is 4.79 Å². The van der Waals surface area contributed by atoms with E-state index >= 15 is 0 Å². The van der Waals surface area contributed by atoms with Gasteiger partial charge < -0.3 is 16.2 Å². The molecular weight excluding hydrogens is 330 g/mol. The van der Waals surface area contributed by atoms with Crippen molar-refractivity contribution in [3.63, 3.8) is 0 Å². The summed E-state index contributed by atoms with van der Waals surface area (Å²) in [5.41, 5.74) is 5.48. The highest BCUT2D eigenvalue weighted by atomic mass is 35.5. The van der Waals surface area contributed by atoms with E-state index in [1.54, 1.807) is 0 Å². The van der Waals surface area contributed by atoms with Gasteiger partial charge in [0.2, 0.25) is 15.9 Å². The van der Waals surface area contributed by atoms with E-state index in [0.29, 0.717) is 13.1 Å². The third-order valence-electron chi connectivity index (χ3n) is 3.34. The molecule has 124 valence electrons. The van der Waals surface area contributed by atoms with Crippen molar-refractivity contribution in [2.24, 2.45) is 5.73 Å². The van der Waals surface area contributed by atoms with Crippen molar-refractivity contribution in [2.75, 3.05) is 18.4 Å². The number of phenolic OH excluding ortho intramolecular Hbond substituents is 1. The molecule has 4 N–H and O–H groups in total. The Labute approximate surface area is 135 Å². The minimum Gasteiger partial charge on any atom is -0.506 e. The van der Waals surface area contributed by atoms with E-state index in [9.17, 15) is 18.3 Å². The van der Waals surface area contributed by atoms with Crippen molar-refractivity contribution in [3.05, 3.63) is 18.2 Å². The predicted octanol–water partition coefficient (Wildman–Crippen LogP) is 0.884. The largest absolute Gasteiger partial charge is 0.506 e. The Morgan fingerprint density at radius 2 is 1.95 bits per heavy atom. The molecule has 1 heterocycles. The van der Waals surface area contributed by atoms with Crippen LogP contribution in [0.1, 0.15) is 19.8 Å². The number of carbonyl (C=O) groups excluding carboxylic acids is 1. The lowest BCUT2D eigenvalue weighted by atomic mass is 10.2. The maximum Gasteiger partial charge on any atom is 0.243 e. The summed E-state index contributed by atoms with van der Waals surface area (Å²) >= 11 is 0. The van der Waals surface area contributed by atoms with Crippen molar-refractivity contribution < 1.29 is 18.3 Å². The Bertz CT molecular complexity index is 643. The molecule has 1 aliphatic heterocycles. The Morgan fingerprint density at radius 3 is 2.50 bits per heavy atom. The van der Waals surface area contributed by atoms with Crippen LogP contribution in [-0.2, 0) is 14.8 Å². The van der Waals surface area contributed by atoms with Gasteiger partial charge in [0, 0.05) is 13.1 Å². The molecule has 1 aromatic rings. The second-order valence-corrected chi connectivity index (χ2v) is 7.01. The third kappa shape index (κ3) is 3.89. The average molecular weight is 350 g/mol. The van der Waals surface area contributed by atoms with E-state index in [1.165, 1.54) is 29.4 Å². The molecule has 0 unspecified atom stereocenters. The molecular formula is C13H20ClN3O4S. The number of aromatic hydroxyl groups is 1. The number of phenols is 1. The summed E-state index contributed by atoms with van der Waals surface area (Å²) in [6.07, 6.45) is 1.68. The molecule has 1 aromatic carbocycles. The first kappa shape index (κ1) is 18.7. The summed E-state index contributed by atoms with van der Waals surface area (Å²) in [5, 5.41) is 12.1. The van der Waals surface area contributed by atoms with Crippen molar-refractivity contribution in [3.8, 4) is 5.75 Å². The number of nitrogens with one attached hydrogen (secondary N) is 1. The van der Waals surface area contributed by atoms with Crippen LogP contribution in [0.5, 0.6) is 5.75 Å². The zero-order valence-corrected chi connectivity index (χ0v) is 13.8. The second kappa shape index (κ2) is 7.28. The zero-order chi connectivity index (χ0) is 15.6. The molecule has 0 bridgehead atoms. The van der Waals surface area contributed by atoms with E-state index in [1.807, 2.05) is 0 Å². The van der Waals surface area contributed by atoms with Gasteiger partial charge in [-0.15, -0.1) is 12.4 Å². The first-order valence-electron chi connectivity index (χ1n) is 6.72. The number of nitrogens with two attached hydrogens (primary N) is 1. The van der Waals surface area contributed by atoms with E-state index in [-0.39, 0.29) is 28.7 Å². The maximum absolute atomic E-state index is 12.4. The average Bonchev–Trinajstić information content (AvgIpc) is 2.95. The molecule has 1 amide bonds. The van der Waals surface area contributed by atoms with E-state index in [2.05, 4.69) is 5.32 Å².